The Labute approximate surface area is 108 Å². The van der Waals surface area contributed by atoms with Crippen molar-refractivity contribution in [3.8, 4) is 12.3 Å². The van der Waals surface area contributed by atoms with Gasteiger partial charge in [0.15, 0.2) is 0 Å². The molecule has 1 aromatic heterocycles. The lowest BCUT2D eigenvalue weighted by molar-refractivity contribution is 0.115. The number of pyridine rings is 1. The highest BCUT2D eigenvalue weighted by molar-refractivity contribution is 5.52. The van der Waals surface area contributed by atoms with Gasteiger partial charge in [0.05, 0.1) is 42.5 Å². The lowest BCUT2D eigenvalue weighted by Crippen LogP contribution is -2.36. The maximum atomic E-state index is 5.55. The van der Waals surface area contributed by atoms with Gasteiger partial charge >= 0.3 is 0 Å². The maximum Gasteiger partial charge on any atom is 0.0975 e. The molecular formula is C14H18N2O2. The number of morpholine rings is 1. The van der Waals surface area contributed by atoms with Crippen LogP contribution in [-0.4, -0.2) is 38.4 Å². The summed E-state index contributed by atoms with van der Waals surface area (Å²) in [6.45, 7) is 5.20. The second-order valence-electron chi connectivity index (χ2n) is 4.25. The molecule has 96 valence electrons. The van der Waals surface area contributed by atoms with Crippen LogP contribution in [0, 0.1) is 12.3 Å². The van der Waals surface area contributed by atoms with Crippen LogP contribution in [0.5, 0.6) is 0 Å². The fraction of sp³-hybridized carbons (Fsp3) is 0.500. The van der Waals surface area contributed by atoms with E-state index in [2.05, 4.69) is 15.8 Å². The first-order chi connectivity index (χ1) is 8.76. The summed E-state index contributed by atoms with van der Waals surface area (Å²) in [5.41, 5.74) is 2.67. The minimum Gasteiger partial charge on any atom is -0.378 e. The second-order valence-corrected chi connectivity index (χ2v) is 4.25. The zero-order valence-electron chi connectivity index (χ0n) is 10.8. The lowest BCUT2D eigenvalue weighted by atomic mass is 10.1. The molecule has 0 N–H and O–H groups in total. The molecule has 0 saturated carbocycles. The Hall–Kier alpha value is -1.57. The van der Waals surface area contributed by atoms with E-state index in [1.165, 1.54) is 0 Å². The number of terminal acetylenes is 1. The van der Waals surface area contributed by atoms with Crippen molar-refractivity contribution in [3.63, 3.8) is 0 Å². The molecule has 1 aliphatic heterocycles. The molecule has 1 fully saturated rings. The van der Waals surface area contributed by atoms with E-state index in [1.54, 1.807) is 7.11 Å². The zero-order chi connectivity index (χ0) is 13.0. The first kappa shape index (κ1) is 12.9. The predicted octanol–water partition coefficient (Wildman–Crippen LogP) is 1.61. The van der Waals surface area contributed by atoms with E-state index in [0.717, 1.165) is 43.2 Å². The predicted molar refractivity (Wildman–Crippen MR) is 70.6 cm³/mol. The Bertz CT molecular complexity index is 448. The van der Waals surface area contributed by atoms with Crippen LogP contribution in [0.4, 0.5) is 5.69 Å². The van der Waals surface area contributed by atoms with Gasteiger partial charge in [0, 0.05) is 20.2 Å². The first-order valence-corrected chi connectivity index (χ1v) is 6.08. The van der Waals surface area contributed by atoms with E-state index in [-0.39, 0.29) is 6.10 Å². The molecule has 0 aliphatic carbocycles. The van der Waals surface area contributed by atoms with E-state index >= 15 is 0 Å². The molecule has 1 aromatic rings. The monoisotopic (exact) mass is 246 g/mol. The summed E-state index contributed by atoms with van der Waals surface area (Å²) in [6, 6.07) is 2.00. The van der Waals surface area contributed by atoms with Gasteiger partial charge in [0.25, 0.3) is 0 Å². The van der Waals surface area contributed by atoms with Gasteiger partial charge in [-0.2, -0.15) is 0 Å². The molecular weight excluding hydrogens is 228 g/mol. The van der Waals surface area contributed by atoms with Crippen molar-refractivity contribution in [1.29, 1.82) is 0 Å². The van der Waals surface area contributed by atoms with Crippen LogP contribution in [-0.2, 0) is 9.47 Å². The topological polar surface area (TPSA) is 34.6 Å². The van der Waals surface area contributed by atoms with Gasteiger partial charge in [-0.15, -0.1) is 6.42 Å². The summed E-state index contributed by atoms with van der Waals surface area (Å²) >= 11 is 0. The van der Waals surface area contributed by atoms with Crippen molar-refractivity contribution in [2.24, 2.45) is 0 Å². The number of hydrogen-bond donors (Lipinski definition) is 0. The Morgan fingerprint density at radius 2 is 2.22 bits per heavy atom. The third kappa shape index (κ3) is 2.63. The number of anilines is 1. The standard InChI is InChI=1S/C14H18N2O2/c1-4-12-9-13(16-5-7-18-8-6-16)10-15-14(12)11(2)17-3/h1,9-11H,5-8H2,2-3H3/t11-/m0/s1. The zero-order valence-corrected chi connectivity index (χ0v) is 10.8. The number of aromatic nitrogens is 1. The molecule has 0 unspecified atom stereocenters. The highest BCUT2D eigenvalue weighted by Crippen LogP contribution is 2.23. The average Bonchev–Trinajstić information content (AvgIpc) is 2.46. The molecule has 2 heterocycles. The average molecular weight is 246 g/mol. The van der Waals surface area contributed by atoms with Crippen LogP contribution in [0.25, 0.3) is 0 Å². The number of methoxy groups -OCH3 is 1. The van der Waals surface area contributed by atoms with Crippen molar-refractivity contribution >= 4 is 5.69 Å². The molecule has 0 bridgehead atoms. The largest absolute Gasteiger partial charge is 0.378 e. The molecule has 4 nitrogen and oxygen atoms in total. The van der Waals surface area contributed by atoms with Gasteiger partial charge < -0.3 is 14.4 Å². The summed E-state index contributed by atoms with van der Waals surface area (Å²) in [5, 5.41) is 0. The number of hydrogen-bond acceptors (Lipinski definition) is 4. The van der Waals surface area contributed by atoms with E-state index in [4.69, 9.17) is 15.9 Å². The molecule has 1 aliphatic rings. The van der Waals surface area contributed by atoms with Crippen molar-refractivity contribution in [2.45, 2.75) is 13.0 Å². The minimum absolute atomic E-state index is 0.0882. The van der Waals surface area contributed by atoms with Gasteiger partial charge in [0.1, 0.15) is 0 Å². The molecule has 0 spiro atoms. The van der Waals surface area contributed by atoms with Gasteiger partial charge in [-0.3, -0.25) is 4.98 Å². The van der Waals surface area contributed by atoms with Crippen molar-refractivity contribution in [2.75, 3.05) is 38.3 Å². The van der Waals surface area contributed by atoms with Gasteiger partial charge in [-0.05, 0) is 13.0 Å². The second kappa shape index (κ2) is 5.85. The first-order valence-electron chi connectivity index (χ1n) is 6.08. The Kier molecular flexibility index (Phi) is 4.19. The van der Waals surface area contributed by atoms with Crippen LogP contribution in [0.1, 0.15) is 24.3 Å². The lowest BCUT2D eigenvalue weighted by Gasteiger charge is -2.29. The highest BCUT2D eigenvalue weighted by Gasteiger charge is 2.15. The van der Waals surface area contributed by atoms with E-state index in [0.29, 0.717) is 0 Å². The summed E-state index contributed by atoms with van der Waals surface area (Å²) in [7, 11) is 1.66. The maximum absolute atomic E-state index is 5.55. The van der Waals surface area contributed by atoms with E-state index in [1.807, 2.05) is 19.2 Å². The summed E-state index contributed by atoms with van der Waals surface area (Å²) in [4.78, 5) is 6.68. The summed E-state index contributed by atoms with van der Waals surface area (Å²) < 4.78 is 10.6. The Morgan fingerprint density at radius 1 is 1.50 bits per heavy atom. The van der Waals surface area contributed by atoms with Gasteiger partial charge in [0.2, 0.25) is 0 Å². The number of ether oxygens (including phenoxy) is 2. The smallest absolute Gasteiger partial charge is 0.0975 e. The molecule has 0 aromatic carbocycles. The van der Waals surface area contributed by atoms with Crippen LogP contribution >= 0.6 is 0 Å². The number of rotatable bonds is 3. The van der Waals surface area contributed by atoms with Crippen molar-refractivity contribution < 1.29 is 9.47 Å². The van der Waals surface area contributed by atoms with Crippen LogP contribution in [0.2, 0.25) is 0 Å². The molecule has 1 atom stereocenters. The number of nitrogens with zero attached hydrogens (tertiary/aromatic N) is 2. The van der Waals surface area contributed by atoms with E-state index < -0.39 is 0 Å². The minimum atomic E-state index is -0.0882. The van der Waals surface area contributed by atoms with Crippen molar-refractivity contribution in [3.05, 3.63) is 23.5 Å². The molecule has 1 saturated heterocycles. The quantitative estimate of drug-likeness (QED) is 0.759. The normalized spacial score (nSPS) is 17.3. The Morgan fingerprint density at radius 3 is 2.83 bits per heavy atom. The van der Waals surface area contributed by atoms with Crippen LogP contribution in [0.3, 0.4) is 0 Å². The molecule has 0 radical (unpaired) electrons. The fourth-order valence-electron chi connectivity index (χ4n) is 2.01. The fourth-order valence-corrected chi connectivity index (χ4v) is 2.01. The van der Waals surface area contributed by atoms with Crippen molar-refractivity contribution in [1.82, 2.24) is 4.98 Å². The molecule has 2 rings (SSSR count). The third-order valence-corrected chi connectivity index (χ3v) is 3.17. The third-order valence-electron chi connectivity index (χ3n) is 3.17. The highest BCUT2D eigenvalue weighted by atomic mass is 16.5. The summed E-state index contributed by atoms with van der Waals surface area (Å²) in [6.07, 6.45) is 7.32. The summed E-state index contributed by atoms with van der Waals surface area (Å²) in [5.74, 6) is 2.69. The van der Waals surface area contributed by atoms with Gasteiger partial charge in [-0.1, -0.05) is 5.92 Å². The molecule has 0 amide bonds. The van der Waals surface area contributed by atoms with E-state index in [9.17, 15) is 0 Å². The Balaban J connectivity index is 2.27. The molecule has 18 heavy (non-hydrogen) atoms. The van der Waals surface area contributed by atoms with Crippen LogP contribution < -0.4 is 4.90 Å². The van der Waals surface area contributed by atoms with Crippen LogP contribution in [0.15, 0.2) is 12.3 Å². The molecule has 4 heteroatoms. The SMILES string of the molecule is C#Cc1cc(N2CCOCC2)cnc1[C@H](C)OC. The van der Waals surface area contributed by atoms with Gasteiger partial charge in [-0.25, -0.2) is 0 Å².